The van der Waals surface area contributed by atoms with E-state index in [2.05, 4.69) is 21.8 Å². The van der Waals surface area contributed by atoms with Crippen molar-refractivity contribution >= 4 is 17.5 Å². The van der Waals surface area contributed by atoms with Crippen LogP contribution in [-0.4, -0.2) is 71.3 Å². The number of benzene rings is 1. The van der Waals surface area contributed by atoms with Crippen LogP contribution >= 0.6 is 0 Å². The molecule has 162 valence electrons. The number of carbonyl (C=O) groups excluding carboxylic acids is 2. The molecule has 1 atom stereocenters. The van der Waals surface area contributed by atoms with Crippen molar-refractivity contribution in [2.75, 3.05) is 39.6 Å². The van der Waals surface area contributed by atoms with Crippen LogP contribution in [0.3, 0.4) is 0 Å². The lowest BCUT2D eigenvalue weighted by Gasteiger charge is -2.13. The lowest BCUT2D eigenvalue weighted by atomic mass is 10.0. The van der Waals surface area contributed by atoms with Gasteiger partial charge in [-0.3, -0.25) is 9.59 Å². The first-order valence-electron chi connectivity index (χ1n) is 9.46. The number of aromatic nitrogens is 2. The van der Waals surface area contributed by atoms with E-state index in [-0.39, 0.29) is 36.1 Å². The molecule has 1 aromatic heterocycles. The Hall–Kier alpha value is -3.68. The van der Waals surface area contributed by atoms with Gasteiger partial charge in [-0.25, -0.2) is 4.98 Å². The molecular formula is C21H23N5O5. The normalized spacial score (nSPS) is 17.9. The molecule has 1 saturated heterocycles. The standard InChI is InChI=1S/C21H23N5O5/c1-26-9-8-21(29,20(26)28)7-6-13-4-3-5-14(12-13)18-24-16(17(23)27)15(22)19(25-18)31-11-10-30-2/h3-5,12,29H,8-11,22H2,1-2H3,(H2,23,27)/t21-/m0/s1. The van der Waals surface area contributed by atoms with E-state index in [1.54, 1.807) is 31.3 Å². The minimum absolute atomic E-state index is 0.0150. The second-order valence-corrected chi connectivity index (χ2v) is 6.99. The predicted molar refractivity (Wildman–Crippen MR) is 112 cm³/mol. The van der Waals surface area contributed by atoms with Gasteiger partial charge < -0.3 is 30.9 Å². The van der Waals surface area contributed by atoms with Gasteiger partial charge in [0.1, 0.15) is 12.3 Å². The Morgan fingerprint density at radius 2 is 2.13 bits per heavy atom. The number of ether oxygens (including phenoxy) is 2. The maximum atomic E-state index is 12.1. The van der Waals surface area contributed by atoms with E-state index < -0.39 is 17.4 Å². The number of rotatable bonds is 6. The van der Waals surface area contributed by atoms with Crippen molar-refractivity contribution in [1.29, 1.82) is 0 Å². The van der Waals surface area contributed by atoms with E-state index >= 15 is 0 Å². The lowest BCUT2D eigenvalue weighted by molar-refractivity contribution is -0.137. The monoisotopic (exact) mass is 425 g/mol. The molecule has 1 aliphatic heterocycles. The van der Waals surface area contributed by atoms with E-state index in [0.29, 0.717) is 24.3 Å². The molecule has 10 heteroatoms. The third-order valence-corrected chi connectivity index (χ3v) is 4.71. The number of methoxy groups -OCH3 is 1. The van der Waals surface area contributed by atoms with Crippen molar-refractivity contribution in [2.45, 2.75) is 12.0 Å². The fraction of sp³-hybridized carbons (Fsp3) is 0.333. The molecule has 0 radical (unpaired) electrons. The Labute approximate surface area is 179 Å². The fourth-order valence-electron chi connectivity index (χ4n) is 2.98. The number of amides is 2. The van der Waals surface area contributed by atoms with Crippen LogP contribution in [-0.2, 0) is 9.53 Å². The van der Waals surface area contributed by atoms with Crippen molar-refractivity contribution in [1.82, 2.24) is 14.9 Å². The van der Waals surface area contributed by atoms with Crippen LogP contribution in [0.5, 0.6) is 5.88 Å². The summed E-state index contributed by atoms with van der Waals surface area (Å²) in [4.78, 5) is 33.8. The summed E-state index contributed by atoms with van der Waals surface area (Å²) in [5, 5.41) is 10.5. The van der Waals surface area contributed by atoms with Crippen molar-refractivity contribution < 1.29 is 24.2 Å². The summed E-state index contributed by atoms with van der Waals surface area (Å²) < 4.78 is 10.4. The van der Waals surface area contributed by atoms with Crippen LogP contribution in [0.1, 0.15) is 22.5 Å². The maximum Gasteiger partial charge on any atom is 0.269 e. The van der Waals surface area contributed by atoms with E-state index in [4.69, 9.17) is 20.9 Å². The molecule has 1 aromatic carbocycles. The molecule has 0 aliphatic carbocycles. The summed E-state index contributed by atoms with van der Waals surface area (Å²) in [5.41, 5.74) is 10.4. The average Bonchev–Trinajstić information content (AvgIpc) is 3.01. The highest BCUT2D eigenvalue weighted by Gasteiger charge is 2.42. The Kier molecular flexibility index (Phi) is 6.39. The number of aliphatic hydroxyl groups is 1. The first-order chi connectivity index (χ1) is 14.7. The van der Waals surface area contributed by atoms with Gasteiger partial charge in [-0.15, -0.1) is 0 Å². The quantitative estimate of drug-likeness (QED) is 0.424. The molecule has 0 unspecified atom stereocenters. The Bertz CT molecular complexity index is 1080. The molecule has 0 spiro atoms. The molecule has 5 N–H and O–H groups in total. The number of carbonyl (C=O) groups is 2. The number of likely N-dealkylation sites (tertiary alicyclic amines) is 1. The highest BCUT2D eigenvalue weighted by atomic mass is 16.5. The van der Waals surface area contributed by atoms with Crippen LogP contribution in [0, 0.1) is 11.8 Å². The molecule has 1 fully saturated rings. The molecule has 3 rings (SSSR count). The van der Waals surface area contributed by atoms with Gasteiger partial charge in [0, 0.05) is 38.2 Å². The average molecular weight is 425 g/mol. The third-order valence-electron chi connectivity index (χ3n) is 4.71. The minimum Gasteiger partial charge on any atom is -0.474 e. The second kappa shape index (κ2) is 8.99. The van der Waals surface area contributed by atoms with Gasteiger partial charge in [0.25, 0.3) is 11.8 Å². The van der Waals surface area contributed by atoms with Crippen LogP contribution in [0.25, 0.3) is 11.4 Å². The first kappa shape index (κ1) is 22.0. The number of anilines is 1. The van der Waals surface area contributed by atoms with E-state index in [9.17, 15) is 14.7 Å². The smallest absolute Gasteiger partial charge is 0.269 e. The van der Waals surface area contributed by atoms with Crippen molar-refractivity contribution in [2.24, 2.45) is 5.73 Å². The van der Waals surface area contributed by atoms with E-state index in [1.165, 1.54) is 12.0 Å². The second-order valence-electron chi connectivity index (χ2n) is 6.99. The number of nitrogen functional groups attached to an aromatic ring is 1. The Morgan fingerprint density at radius 1 is 1.35 bits per heavy atom. The van der Waals surface area contributed by atoms with Gasteiger partial charge in [0.05, 0.1) is 6.61 Å². The number of hydrogen-bond acceptors (Lipinski definition) is 8. The molecule has 31 heavy (non-hydrogen) atoms. The van der Waals surface area contributed by atoms with Crippen molar-refractivity contribution in [3.8, 4) is 29.1 Å². The van der Waals surface area contributed by atoms with Crippen LogP contribution < -0.4 is 16.2 Å². The highest BCUT2D eigenvalue weighted by molar-refractivity contribution is 5.97. The fourth-order valence-corrected chi connectivity index (χ4v) is 2.98. The minimum atomic E-state index is -1.70. The van der Waals surface area contributed by atoms with Gasteiger partial charge >= 0.3 is 0 Å². The molecule has 2 heterocycles. The first-order valence-corrected chi connectivity index (χ1v) is 9.46. The summed E-state index contributed by atoms with van der Waals surface area (Å²) >= 11 is 0. The molecular weight excluding hydrogens is 402 g/mol. The van der Waals surface area contributed by atoms with Crippen LogP contribution in [0.15, 0.2) is 24.3 Å². The van der Waals surface area contributed by atoms with Crippen molar-refractivity contribution in [3.05, 3.63) is 35.5 Å². The number of likely N-dealkylation sites (N-methyl/N-ethyl adjacent to an activating group) is 1. The van der Waals surface area contributed by atoms with Crippen LogP contribution in [0.2, 0.25) is 0 Å². The zero-order chi connectivity index (χ0) is 22.6. The molecule has 0 saturated carbocycles. The zero-order valence-electron chi connectivity index (χ0n) is 17.2. The number of hydrogen-bond donors (Lipinski definition) is 3. The topological polar surface area (TPSA) is 154 Å². The van der Waals surface area contributed by atoms with Gasteiger partial charge in [0.15, 0.2) is 11.5 Å². The molecule has 2 aromatic rings. The summed E-state index contributed by atoms with van der Waals surface area (Å²) in [5.74, 6) is 4.41. The van der Waals surface area contributed by atoms with Crippen LogP contribution in [0.4, 0.5) is 5.69 Å². The van der Waals surface area contributed by atoms with Gasteiger partial charge in [-0.1, -0.05) is 24.0 Å². The highest BCUT2D eigenvalue weighted by Crippen LogP contribution is 2.27. The predicted octanol–water partition coefficient (Wildman–Crippen LogP) is -0.205. The lowest BCUT2D eigenvalue weighted by Crippen LogP contribution is -2.37. The molecule has 0 bridgehead atoms. The van der Waals surface area contributed by atoms with Gasteiger partial charge in [-0.2, -0.15) is 4.98 Å². The maximum absolute atomic E-state index is 12.1. The number of nitrogens with two attached hydrogens (primary N) is 2. The van der Waals surface area contributed by atoms with Gasteiger partial charge in [-0.05, 0) is 12.1 Å². The summed E-state index contributed by atoms with van der Waals surface area (Å²) in [6.07, 6.45) is 0.236. The zero-order valence-corrected chi connectivity index (χ0v) is 17.2. The number of primary amides is 1. The largest absolute Gasteiger partial charge is 0.474 e. The molecule has 1 aliphatic rings. The SMILES string of the molecule is COCCOc1nc(-c2cccc(C#C[C@]3(O)CCN(C)C3=O)c2)nc(C(N)=O)c1N. The summed E-state index contributed by atoms with van der Waals surface area (Å²) in [7, 11) is 3.14. The van der Waals surface area contributed by atoms with E-state index in [1.807, 2.05) is 0 Å². The van der Waals surface area contributed by atoms with E-state index in [0.717, 1.165) is 0 Å². The summed E-state index contributed by atoms with van der Waals surface area (Å²) in [6.45, 7) is 0.902. The summed E-state index contributed by atoms with van der Waals surface area (Å²) in [6, 6.07) is 6.80. The number of nitrogens with zero attached hydrogens (tertiary/aromatic N) is 3. The molecule has 2 amide bonds. The third kappa shape index (κ3) is 4.74. The van der Waals surface area contributed by atoms with Crippen molar-refractivity contribution in [3.63, 3.8) is 0 Å². The Balaban J connectivity index is 1.96. The molecule has 10 nitrogen and oxygen atoms in total. The van der Waals surface area contributed by atoms with Gasteiger partial charge in [0.2, 0.25) is 11.5 Å². The Morgan fingerprint density at radius 3 is 2.77 bits per heavy atom.